The zero-order valence-corrected chi connectivity index (χ0v) is 40.4. The normalized spacial score (nSPS) is 18.0. The van der Waals surface area contributed by atoms with Crippen LogP contribution >= 0.6 is 0 Å². The Hall–Kier alpha value is -8.41. The number of fused-ring (bicyclic) bond motifs is 7. The average Bonchev–Trinajstić information content (AvgIpc) is 3.84. The third kappa shape index (κ3) is 6.43. The highest BCUT2D eigenvalue weighted by Crippen LogP contribution is 2.63. The minimum absolute atomic E-state index is 0.0990. The predicted molar refractivity (Wildman–Crippen MR) is 300 cm³/mol. The fraction of sp³-hybridized carbons (Fsp3) is 0.104. The Kier molecular flexibility index (Phi) is 9.63. The van der Waals surface area contributed by atoms with Crippen LogP contribution in [0.15, 0.2) is 237 Å². The summed E-state index contributed by atoms with van der Waals surface area (Å²) < 4.78 is 15.6. The number of halogens is 1. The molecule has 14 rings (SSSR count). The molecule has 72 heavy (non-hydrogen) atoms. The van der Waals surface area contributed by atoms with Crippen LogP contribution in [0.1, 0.15) is 38.7 Å². The van der Waals surface area contributed by atoms with Crippen molar-refractivity contribution < 1.29 is 4.39 Å². The SMILES string of the molecule is CC12CCCC1(C)N(c1cc3c4c(c1)N(c1cccc(-c5ccccc5)c1)c1cc(-c5ccccc5)ccc1B4c1ccc(-c4ccccc4)cc1N3c1cccc(-c3ccccc3)c1)c1ccc(F)cc12. The van der Waals surface area contributed by atoms with Crippen LogP contribution in [0.4, 0.5) is 49.9 Å². The fourth-order valence-corrected chi connectivity index (χ4v) is 13.1. The lowest BCUT2D eigenvalue weighted by Gasteiger charge is -2.47. The molecule has 0 N–H and O–H groups in total. The van der Waals surface area contributed by atoms with Gasteiger partial charge in [-0.05, 0) is 153 Å². The van der Waals surface area contributed by atoms with Crippen LogP contribution in [0.2, 0.25) is 0 Å². The second-order valence-electron chi connectivity index (χ2n) is 20.6. The number of hydrogen-bond donors (Lipinski definition) is 0. The van der Waals surface area contributed by atoms with Crippen LogP contribution in [-0.4, -0.2) is 12.3 Å². The lowest BCUT2D eigenvalue weighted by atomic mass is 9.33. The maximum atomic E-state index is 15.6. The van der Waals surface area contributed by atoms with Gasteiger partial charge in [0.05, 0.1) is 5.54 Å². The first-order valence-corrected chi connectivity index (χ1v) is 25.4. The van der Waals surface area contributed by atoms with E-state index in [-0.39, 0.29) is 23.5 Å². The van der Waals surface area contributed by atoms with E-state index < -0.39 is 0 Å². The van der Waals surface area contributed by atoms with E-state index in [1.807, 2.05) is 12.1 Å². The molecule has 4 aliphatic rings. The zero-order chi connectivity index (χ0) is 48.1. The van der Waals surface area contributed by atoms with E-state index in [4.69, 9.17) is 0 Å². The van der Waals surface area contributed by atoms with E-state index in [1.54, 1.807) is 6.07 Å². The van der Waals surface area contributed by atoms with Gasteiger partial charge >= 0.3 is 0 Å². The largest absolute Gasteiger partial charge is 0.334 e. The first-order chi connectivity index (χ1) is 35.3. The molecular formula is C67H51BFN3. The first kappa shape index (κ1) is 42.5. The molecule has 0 amide bonds. The number of benzene rings is 10. The molecular weight excluding hydrogens is 877 g/mol. The van der Waals surface area contributed by atoms with Gasteiger partial charge in [0.1, 0.15) is 5.82 Å². The lowest BCUT2D eigenvalue weighted by molar-refractivity contribution is 0.330. The topological polar surface area (TPSA) is 9.72 Å². The van der Waals surface area contributed by atoms with Crippen molar-refractivity contribution in [2.75, 3.05) is 14.7 Å². The Bertz CT molecular complexity index is 3550. The van der Waals surface area contributed by atoms with Crippen molar-refractivity contribution in [2.45, 2.75) is 44.1 Å². The van der Waals surface area contributed by atoms with Gasteiger partial charge in [0.2, 0.25) is 0 Å². The van der Waals surface area contributed by atoms with E-state index >= 15 is 4.39 Å². The van der Waals surface area contributed by atoms with E-state index in [0.29, 0.717) is 0 Å². The number of nitrogens with zero attached hydrogens (tertiary/aromatic N) is 3. The molecule has 1 aliphatic carbocycles. The molecule has 1 fully saturated rings. The molecule has 1 saturated carbocycles. The van der Waals surface area contributed by atoms with Gasteiger partial charge in [-0.2, -0.15) is 0 Å². The number of anilines is 8. The van der Waals surface area contributed by atoms with Crippen LogP contribution in [0, 0.1) is 5.82 Å². The monoisotopic (exact) mass is 927 g/mol. The molecule has 344 valence electrons. The molecule has 2 unspecified atom stereocenters. The number of hydrogen-bond acceptors (Lipinski definition) is 3. The molecule has 5 heteroatoms. The average molecular weight is 928 g/mol. The van der Waals surface area contributed by atoms with Gasteiger partial charge in [0, 0.05) is 50.9 Å². The molecule has 2 atom stereocenters. The zero-order valence-electron chi connectivity index (χ0n) is 40.4. The van der Waals surface area contributed by atoms with E-state index in [2.05, 4.69) is 247 Å². The maximum absolute atomic E-state index is 15.6. The summed E-state index contributed by atoms with van der Waals surface area (Å²) in [5.41, 5.74) is 22.6. The summed E-state index contributed by atoms with van der Waals surface area (Å²) in [7, 11) is 0. The third-order valence-corrected chi connectivity index (χ3v) is 16.8. The Morgan fingerprint density at radius 2 is 0.819 bits per heavy atom. The molecule has 0 radical (unpaired) electrons. The summed E-state index contributed by atoms with van der Waals surface area (Å²) in [6.45, 7) is 4.71. The van der Waals surface area contributed by atoms with Crippen molar-refractivity contribution >= 4 is 68.6 Å². The van der Waals surface area contributed by atoms with Crippen LogP contribution < -0.4 is 31.1 Å². The van der Waals surface area contributed by atoms with Crippen molar-refractivity contribution in [3.05, 3.63) is 248 Å². The lowest BCUT2D eigenvalue weighted by Crippen LogP contribution is -2.61. The smallest absolute Gasteiger partial charge is 0.252 e. The summed E-state index contributed by atoms with van der Waals surface area (Å²) in [6, 6.07) is 85.9. The van der Waals surface area contributed by atoms with Crippen molar-refractivity contribution in [2.24, 2.45) is 0 Å². The Labute approximate surface area is 422 Å². The Balaban J connectivity index is 1.10. The molecule has 3 aliphatic heterocycles. The van der Waals surface area contributed by atoms with E-state index in [0.717, 1.165) is 92.6 Å². The highest BCUT2D eigenvalue weighted by atomic mass is 19.1. The highest BCUT2D eigenvalue weighted by molar-refractivity contribution is 7.00. The van der Waals surface area contributed by atoms with E-state index in [1.165, 1.54) is 38.6 Å². The molecule has 10 aromatic carbocycles. The summed E-state index contributed by atoms with van der Waals surface area (Å²) in [4.78, 5) is 7.70. The van der Waals surface area contributed by atoms with Crippen molar-refractivity contribution in [3.63, 3.8) is 0 Å². The molecule has 3 nitrogen and oxygen atoms in total. The van der Waals surface area contributed by atoms with Crippen LogP contribution in [-0.2, 0) is 5.41 Å². The van der Waals surface area contributed by atoms with Gasteiger partial charge in [-0.15, -0.1) is 0 Å². The molecule has 3 heterocycles. The molecule has 0 spiro atoms. The van der Waals surface area contributed by atoms with Gasteiger partial charge < -0.3 is 14.7 Å². The minimum atomic E-state index is -0.306. The van der Waals surface area contributed by atoms with Crippen LogP contribution in [0.5, 0.6) is 0 Å². The van der Waals surface area contributed by atoms with Gasteiger partial charge in [0.25, 0.3) is 6.71 Å². The predicted octanol–water partition coefficient (Wildman–Crippen LogP) is 15.9. The molecule has 0 aromatic heterocycles. The van der Waals surface area contributed by atoms with Crippen molar-refractivity contribution in [1.29, 1.82) is 0 Å². The summed E-state index contributed by atoms with van der Waals surface area (Å²) >= 11 is 0. The van der Waals surface area contributed by atoms with Crippen LogP contribution in [0.25, 0.3) is 44.5 Å². The Morgan fingerprint density at radius 3 is 1.29 bits per heavy atom. The molecule has 0 saturated heterocycles. The fourth-order valence-electron chi connectivity index (χ4n) is 13.1. The van der Waals surface area contributed by atoms with Crippen molar-refractivity contribution in [3.8, 4) is 44.5 Å². The molecule has 0 bridgehead atoms. The highest BCUT2D eigenvalue weighted by Gasteiger charge is 2.60. The minimum Gasteiger partial charge on any atom is -0.334 e. The second kappa shape index (κ2) is 16.3. The summed E-state index contributed by atoms with van der Waals surface area (Å²) in [5, 5.41) is 0. The quantitative estimate of drug-likeness (QED) is 0.148. The van der Waals surface area contributed by atoms with Gasteiger partial charge in [-0.25, -0.2) is 4.39 Å². The first-order valence-electron chi connectivity index (χ1n) is 25.4. The van der Waals surface area contributed by atoms with E-state index in [9.17, 15) is 0 Å². The summed E-state index contributed by atoms with van der Waals surface area (Å²) in [6.07, 6.45) is 3.06. The molecule has 10 aromatic rings. The summed E-state index contributed by atoms with van der Waals surface area (Å²) in [5.74, 6) is -0.181. The van der Waals surface area contributed by atoms with Gasteiger partial charge in [-0.3, -0.25) is 0 Å². The van der Waals surface area contributed by atoms with Gasteiger partial charge in [-0.1, -0.05) is 183 Å². The van der Waals surface area contributed by atoms with Crippen molar-refractivity contribution in [1.82, 2.24) is 0 Å². The standard InChI is InChI=1S/C67H51BFN3/c1-66-36-17-37-67(66,2)72(60-35-32-53(69)42-57(60)66)56-43-63-65-64(44-56)71(55-29-16-27-50(39-55)46-20-9-4-10-21-46)62-41-52(48-24-13-6-14-25-48)31-34-59(62)68(65)58-33-30-51(47-22-11-5-12-23-47)40-61(58)70(63)54-28-15-26-49(38-54)45-18-7-3-8-19-45/h3-16,18-35,38-44H,17,36-37H2,1-2H3. The third-order valence-electron chi connectivity index (χ3n) is 16.8. The number of rotatable bonds is 7. The Morgan fingerprint density at radius 1 is 0.375 bits per heavy atom. The maximum Gasteiger partial charge on any atom is 0.252 e. The second-order valence-corrected chi connectivity index (χ2v) is 20.6. The van der Waals surface area contributed by atoms with Gasteiger partial charge in [0.15, 0.2) is 0 Å². The van der Waals surface area contributed by atoms with Crippen LogP contribution in [0.3, 0.4) is 0 Å².